The van der Waals surface area contributed by atoms with Crippen LogP contribution in [0.2, 0.25) is 0 Å². The monoisotopic (exact) mass is 608 g/mol. The lowest BCUT2D eigenvalue weighted by Gasteiger charge is -2.35. The van der Waals surface area contributed by atoms with Crippen LogP contribution in [-0.2, 0) is 31.6 Å². The second-order valence-corrected chi connectivity index (χ2v) is 15.5. The van der Waals surface area contributed by atoms with Crippen molar-refractivity contribution in [3.63, 3.8) is 0 Å². The number of carbonyl (C=O) groups is 1. The molecule has 0 aromatic carbocycles. The molecule has 0 unspecified atom stereocenters. The number of esters is 1. The molecular formula is C36H60N6O2. The minimum Gasteiger partial charge on any atom is -0.465 e. The van der Waals surface area contributed by atoms with Gasteiger partial charge in [-0.3, -0.25) is 4.79 Å². The molecule has 3 aromatic rings. The maximum atomic E-state index is 12.9. The summed E-state index contributed by atoms with van der Waals surface area (Å²) in [6.07, 6.45) is 17.8. The van der Waals surface area contributed by atoms with Gasteiger partial charge in [0.25, 0.3) is 5.79 Å². The second kappa shape index (κ2) is 14.9. The molecule has 0 aliphatic carbocycles. The Balaban J connectivity index is 1.86. The van der Waals surface area contributed by atoms with Gasteiger partial charge >= 0.3 is 5.97 Å². The van der Waals surface area contributed by atoms with Crippen molar-refractivity contribution < 1.29 is 9.53 Å². The predicted octanol–water partition coefficient (Wildman–Crippen LogP) is 8.73. The summed E-state index contributed by atoms with van der Waals surface area (Å²) in [6.45, 7) is 21.9. The summed E-state index contributed by atoms with van der Waals surface area (Å²) in [5.41, 5.74) is 2.49. The van der Waals surface area contributed by atoms with Crippen LogP contribution in [0.5, 0.6) is 0 Å². The molecule has 0 aliphatic rings. The van der Waals surface area contributed by atoms with E-state index in [-0.39, 0.29) is 28.8 Å². The number of aromatic nitrogens is 6. The Morgan fingerprint density at radius 3 is 1.32 bits per heavy atom. The Labute approximate surface area is 266 Å². The van der Waals surface area contributed by atoms with E-state index < -0.39 is 5.79 Å². The van der Waals surface area contributed by atoms with E-state index in [0.29, 0.717) is 12.8 Å². The molecule has 0 N–H and O–H groups in total. The average molecular weight is 609 g/mol. The molecule has 0 fully saturated rings. The van der Waals surface area contributed by atoms with Gasteiger partial charge in [0.1, 0.15) is 0 Å². The van der Waals surface area contributed by atoms with Gasteiger partial charge in [0.2, 0.25) is 0 Å². The van der Waals surface area contributed by atoms with Crippen LogP contribution in [0, 0.1) is 0 Å². The Morgan fingerprint density at radius 1 is 0.614 bits per heavy atom. The molecule has 0 amide bonds. The highest BCUT2D eigenvalue weighted by Gasteiger charge is 2.41. The van der Waals surface area contributed by atoms with E-state index in [1.807, 2.05) is 32.6 Å². The van der Waals surface area contributed by atoms with Crippen molar-refractivity contribution in [3.05, 3.63) is 53.9 Å². The molecule has 0 radical (unpaired) electrons. The molecule has 0 aliphatic heterocycles. The maximum Gasteiger partial charge on any atom is 0.305 e. The van der Waals surface area contributed by atoms with E-state index in [1.165, 1.54) is 44.9 Å². The molecular weight excluding hydrogens is 548 g/mol. The molecule has 3 heterocycles. The standard InChI is InChI=1S/C36H60N6O2/c1-11-12-13-14-15-16-17-18-19-20-32(43)44-28-24-36(40-25-21-29(37-40)33(2,3)4,41-26-22-30(38-41)34(5,6)7)42-27-23-31(39-42)35(8,9)10/h21-23,25-27H,11-20,24,28H2,1-10H3. The van der Waals surface area contributed by atoms with E-state index in [4.69, 9.17) is 20.0 Å². The lowest BCUT2D eigenvalue weighted by Crippen LogP contribution is -2.50. The fourth-order valence-corrected chi connectivity index (χ4v) is 5.38. The summed E-state index contributed by atoms with van der Waals surface area (Å²) in [4.78, 5) is 12.9. The van der Waals surface area contributed by atoms with Gasteiger partial charge in [-0.1, -0.05) is 121 Å². The third-order valence-corrected chi connectivity index (χ3v) is 8.36. The lowest BCUT2D eigenvalue weighted by molar-refractivity contribution is -0.145. The summed E-state index contributed by atoms with van der Waals surface area (Å²) in [6, 6.07) is 6.19. The third-order valence-electron chi connectivity index (χ3n) is 8.36. The third kappa shape index (κ3) is 9.31. The van der Waals surface area contributed by atoms with E-state index in [1.54, 1.807) is 0 Å². The molecule has 0 saturated heterocycles. The number of rotatable bonds is 16. The highest BCUT2D eigenvalue weighted by molar-refractivity contribution is 5.69. The number of hydrogen-bond acceptors (Lipinski definition) is 5. The van der Waals surface area contributed by atoms with Crippen molar-refractivity contribution in [2.45, 2.75) is 162 Å². The molecule has 3 aromatic heterocycles. The van der Waals surface area contributed by atoms with E-state index >= 15 is 0 Å². The fourth-order valence-electron chi connectivity index (χ4n) is 5.38. The summed E-state index contributed by atoms with van der Waals surface area (Å²) in [7, 11) is 0. The van der Waals surface area contributed by atoms with Crippen LogP contribution in [-0.4, -0.2) is 41.9 Å². The second-order valence-electron chi connectivity index (χ2n) is 15.5. The molecule has 8 heteroatoms. The molecule has 0 spiro atoms. The number of hydrogen-bond donors (Lipinski definition) is 0. The van der Waals surface area contributed by atoms with Gasteiger partial charge in [-0.15, -0.1) is 0 Å². The summed E-state index contributed by atoms with van der Waals surface area (Å²) < 4.78 is 11.7. The molecule has 8 nitrogen and oxygen atoms in total. The van der Waals surface area contributed by atoms with E-state index in [9.17, 15) is 4.79 Å². The summed E-state index contributed by atoms with van der Waals surface area (Å²) in [5, 5.41) is 15.3. The minimum absolute atomic E-state index is 0.139. The highest BCUT2D eigenvalue weighted by atomic mass is 16.5. The van der Waals surface area contributed by atoms with Crippen LogP contribution >= 0.6 is 0 Å². The quantitative estimate of drug-likeness (QED) is 0.120. The predicted molar refractivity (Wildman–Crippen MR) is 179 cm³/mol. The SMILES string of the molecule is CCCCCCCCCCCC(=O)OCCC(n1ccc(C(C)(C)C)n1)(n1ccc(C(C)(C)C)n1)n1ccc(C(C)(C)C)n1. The molecule has 0 atom stereocenters. The molecule has 0 bridgehead atoms. The van der Waals surface area contributed by atoms with Gasteiger partial charge in [0, 0.05) is 47.7 Å². The summed E-state index contributed by atoms with van der Waals surface area (Å²) >= 11 is 0. The van der Waals surface area contributed by atoms with Crippen LogP contribution in [0.25, 0.3) is 0 Å². The largest absolute Gasteiger partial charge is 0.465 e. The molecule has 44 heavy (non-hydrogen) atoms. The molecule has 246 valence electrons. The Kier molecular flexibility index (Phi) is 12.1. The van der Waals surface area contributed by atoms with Gasteiger partial charge < -0.3 is 4.74 Å². The van der Waals surface area contributed by atoms with Gasteiger partial charge in [-0.05, 0) is 24.6 Å². The van der Waals surface area contributed by atoms with Crippen molar-refractivity contribution in [2.75, 3.05) is 6.61 Å². The first kappa shape index (κ1) is 35.6. The first-order chi connectivity index (χ1) is 20.6. The minimum atomic E-state index is -0.992. The Bertz CT molecular complexity index is 1170. The normalized spacial score (nSPS) is 13.0. The van der Waals surface area contributed by atoms with Crippen molar-refractivity contribution in [3.8, 4) is 0 Å². The van der Waals surface area contributed by atoms with Gasteiger partial charge in [0.05, 0.1) is 23.7 Å². The maximum absolute atomic E-state index is 12.9. The van der Waals surface area contributed by atoms with Gasteiger partial charge in [-0.2, -0.15) is 15.3 Å². The Hall–Kier alpha value is -2.90. The fraction of sp³-hybridized carbons (Fsp3) is 0.722. The van der Waals surface area contributed by atoms with Crippen LogP contribution in [0.15, 0.2) is 36.8 Å². The zero-order valence-corrected chi connectivity index (χ0v) is 29.4. The van der Waals surface area contributed by atoms with Crippen molar-refractivity contribution in [1.29, 1.82) is 0 Å². The van der Waals surface area contributed by atoms with Crippen LogP contribution in [0.4, 0.5) is 0 Å². The van der Waals surface area contributed by atoms with Crippen LogP contribution < -0.4 is 0 Å². The molecule has 3 rings (SSSR count). The lowest BCUT2D eigenvalue weighted by atomic mass is 9.93. The van der Waals surface area contributed by atoms with Crippen molar-refractivity contribution >= 4 is 5.97 Å². The van der Waals surface area contributed by atoms with Gasteiger partial charge in [-0.25, -0.2) is 14.0 Å². The first-order valence-electron chi connectivity index (χ1n) is 16.9. The topological polar surface area (TPSA) is 79.8 Å². The van der Waals surface area contributed by atoms with Crippen LogP contribution in [0.1, 0.15) is 157 Å². The zero-order chi connectivity index (χ0) is 32.6. The number of ether oxygens (including phenoxy) is 1. The van der Waals surface area contributed by atoms with Crippen molar-refractivity contribution in [2.24, 2.45) is 0 Å². The first-order valence-corrected chi connectivity index (χ1v) is 16.9. The average Bonchev–Trinajstić information content (AvgIpc) is 3.71. The summed E-state index contributed by atoms with van der Waals surface area (Å²) in [5.74, 6) is -1.14. The van der Waals surface area contributed by atoms with Crippen molar-refractivity contribution in [1.82, 2.24) is 29.3 Å². The van der Waals surface area contributed by atoms with E-state index in [2.05, 4.69) is 87.4 Å². The van der Waals surface area contributed by atoms with E-state index in [0.717, 1.165) is 29.9 Å². The smallest absolute Gasteiger partial charge is 0.305 e. The number of unbranched alkanes of at least 4 members (excludes halogenated alkanes) is 8. The molecule has 0 saturated carbocycles. The Morgan fingerprint density at radius 2 is 0.977 bits per heavy atom. The van der Waals surface area contributed by atoms with Gasteiger partial charge in [0.15, 0.2) is 0 Å². The highest BCUT2D eigenvalue weighted by Crippen LogP contribution is 2.32. The van der Waals surface area contributed by atoms with Crippen LogP contribution in [0.3, 0.4) is 0 Å². The zero-order valence-electron chi connectivity index (χ0n) is 29.4. The number of carbonyl (C=O) groups excluding carboxylic acids is 1. The number of nitrogens with zero attached hydrogens (tertiary/aromatic N) is 6.